The molecule has 0 unspecified atom stereocenters. The first-order valence-electron chi connectivity index (χ1n) is 10.4. The Morgan fingerprint density at radius 1 is 0.968 bits per heavy atom. The number of nitrogens with zero attached hydrogens (tertiary/aromatic N) is 6. The molecule has 1 saturated heterocycles. The summed E-state index contributed by atoms with van der Waals surface area (Å²) >= 11 is 0. The maximum atomic E-state index is 4.98. The summed E-state index contributed by atoms with van der Waals surface area (Å²) in [6.45, 7) is 4.12. The van der Waals surface area contributed by atoms with Crippen molar-refractivity contribution in [1.82, 2.24) is 35.0 Å². The predicted molar refractivity (Wildman–Crippen MR) is 122 cm³/mol. The second kappa shape index (κ2) is 7.17. The van der Waals surface area contributed by atoms with Crippen LogP contribution in [0.2, 0.25) is 0 Å². The Balaban J connectivity index is 1.44. The van der Waals surface area contributed by atoms with Gasteiger partial charge < -0.3 is 14.8 Å². The molecule has 0 amide bonds. The van der Waals surface area contributed by atoms with Crippen molar-refractivity contribution in [2.75, 3.05) is 38.1 Å². The Morgan fingerprint density at radius 2 is 1.87 bits per heavy atom. The molecule has 1 aliphatic heterocycles. The monoisotopic (exact) mass is 410 g/mol. The van der Waals surface area contributed by atoms with Crippen LogP contribution in [0.1, 0.15) is 0 Å². The number of aromatic amines is 2. The number of hydrogen-bond donors (Lipinski definition) is 2. The Morgan fingerprint density at radius 3 is 2.71 bits per heavy atom. The van der Waals surface area contributed by atoms with Crippen LogP contribution in [0.15, 0.2) is 55.0 Å². The largest absolute Gasteiger partial charge is 0.367 e. The number of anilines is 1. The van der Waals surface area contributed by atoms with Gasteiger partial charge in [-0.3, -0.25) is 10.1 Å². The van der Waals surface area contributed by atoms with Gasteiger partial charge in [0, 0.05) is 55.9 Å². The minimum Gasteiger partial charge on any atom is -0.367 e. The van der Waals surface area contributed by atoms with E-state index in [2.05, 4.69) is 66.3 Å². The standard InChI is InChI=1S/C23H22N8/c1-30-8-10-31(11-9-30)19-6-2-5-18-21(19)27-23(26-18)20-17-12-16(14-25-22(17)29-28-20)15-4-3-7-24-13-15/h2-7,12-14H,8-11H2,1H3,(H,26,27)(H,25,28,29). The van der Waals surface area contributed by atoms with Crippen LogP contribution in [0.25, 0.3) is 44.7 Å². The summed E-state index contributed by atoms with van der Waals surface area (Å²) in [6, 6.07) is 12.4. The zero-order valence-electron chi connectivity index (χ0n) is 17.2. The van der Waals surface area contributed by atoms with Gasteiger partial charge in [0.05, 0.1) is 16.6 Å². The molecule has 2 N–H and O–H groups in total. The van der Waals surface area contributed by atoms with Crippen molar-refractivity contribution in [3.8, 4) is 22.6 Å². The number of fused-ring (bicyclic) bond motifs is 2. The van der Waals surface area contributed by atoms with Gasteiger partial charge in [0.1, 0.15) is 11.2 Å². The molecule has 31 heavy (non-hydrogen) atoms. The summed E-state index contributed by atoms with van der Waals surface area (Å²) < 4.78 is 0. The molecule has 1 aromatic carbocycles. The number of likely N-dealkylation sites (N-methyl/N-ethyl adjacent to an activating group) is 1. The lowest BCUT2D eigenvalue weighted by Crippen LogP contribution is -2.44. The topological polar surface area (TPSA) is 89.6 Å². The number of para-hydroxylation sites is 1. The predicted octanol–water partition coefficient (Wildman–Crippen LogP) is 3.32. The second-order valence-electron chi connectivity index (χ2n) is 7.98. The Kier molecular flexibility index (Phi) is 4.17. The average Bonchev–Trinajstić information content (AvgIpc) is 3.43. The fourth-order valence-electron chi connectivity index (χ4n) is 4.21. The van der Waals surface area contributed by atoms with Crippen molar-refractivity contribution in [2.45, 2.75) is 0 Å². The molecule has 1 aliphatic rings. The van der Waals surface area contributed by atoms with Crippen LogP contribution in [0.3, 0.4) is 0 Å². The Bertz CT molecular complexity index is 1360. The first-order chi connectivity index (χ1) is 15.3. The van der Waals surface area contributed by atoms with Crippen LogP contribution >= 0.6 is 0 Å². The molecule has 8 heteroatoms. The van der Waals surface area contributed by atoms with Crippen molar-refractivity contribution in [2.24, 2.45) is 0 Å². The summed E-state index contributed by atoms with van der Waals surface area (Å²) in [7, 11) is 2.17. The minimum absolute atomic E-state index is 0.669. The van der Waals surface area contributed by atoms with Crippen LogP contribution in [0.4, 0.5) is 5.69 Å². The molecule has 0 bridgehead atoms. The molecule has 0 spiro atoms. The van der Waals surface area contributed by atoms with E-state index in [-0.39, 0.29) is 0 Å². The lowest BCUT2D eigenvalue weighted by molar-refractivity contribution is 0.313. The fraction of sp³-hybridized carbons (Fsp3) is 0.217. The van der Waals surface area contributed by atoms with E-state index >= 15 is 0 Å². The van der Waals surface area contributed by atoms with Gasteiger partial charge in [-0.25, -0.2) is 9.97 Å². The van der Waals surface area contributed by atoms with Crippen LogP contribution < -0.4 is 4.90 Å². The highest BCUT2D eigenvalue weighted by molar-refractivity contribution is 5.96. The van der Waals surface area contributed by atoms with E-state index in [1.165, 1.54) is 5.69 Å². The first-order valence-corrected chi connectivity index (χ1v) is 10.4. The quantitative estimate of drug-likeness (QED) is 0.474. The third-order valence-electron chi connectivity index (χ3n) is 5.98. The first kappa shape index (κ1) is 18.0. The third kappa shape index (κ3) is 3.12. The third-order valence-corrected chi connectivity index (χ3v) is 5.98. The average molecular weight is 410 g/mol. The molecule has 0 atom stereocenters. The van der Waals surface area contributed by atoms with Gasteiger partial charge in [-0.05, 0) is 31.3 Å². The van der Waals surface area contributed by atoms with E-state index in [1.807, 2.05) is 24.5 Å². The normalized spacial score (nSPS) is 15.2. The number of benzene rings is 1. The summed E-state index contributed by atoms with van der Waals surface area (Å²) in [4.78, 5) is 22.0. The van der Waals surface area contributed by atoms with Gasteiger partial charge in [-0.15, -0.1) is 0 Å². The van der Waals surface area contributed by atoms with Crippen molar-refractivity contribution < 1.29 is 0 Å². The van der Waals surface area contributed by atoms with Gasteiger partial charge in [0.15, 0.2) is 11.5 Å². The van der Waals surface area contributed by atoms with Crippen LogP contribution in [-0.2, 0) is 0 Å². The highest BCUT2D eigenvalue weighted by Gasteiger charge is 2.20. The molecule has 0 radical (unpaired) electrons. The number of pyridine rings is 2. The van der Waals surface area contributed by atoms with Crippen LogP contribution in [0, 0.1) is 0 Å². The molecule has 0 aliphatic carbocycles. The van der Waals surface area contributed by atoms with Gasteiger partial charge in [-0.2, -0.15) is 5.10 Å². The maximum absolute atomic E-state index is 4.98. The van der Waals surface area contributed by atoms with Crippen molar-refractivity contribution in [3.05, 3.63) is 55.0 Å². The molecule has 154 valence electrons. The lowest BCUT2D eigenvalue weighted by Gasteiger charge is -2.34. The van der Waals surface area contributed by atoms with E-state index in [0.29, 0.717) is 5.65 Å². The molecule has 8 nitrogen and oxygen atoms in total. The lowest BCUT2D eigenvalue weighted by atomic mass is 10.1. The number of H-pyrrole nitrogens is 2. The summed E-state index contributed by atoms with van der Waals surface area (Å²) in [5.41, 5.74) is 6.71. The van der Waals surface area contributed by atoms with Crippen LogP contribution in [-0.4, -0.2) is 68.3 Å². The number of piperazine rings is 1. The van der Waals surface area contributed by atoms with Crippen LogP contribution in [0.5, 0.6) is 0 Å². The summed E-state index contributed by atoms with van der Waals surface area (Å²) in [5, 5.41) is 8.46. The number of hydrogen-bond acceptors (Lipinski definition) is 6. The van der Waals surface area contributed by atoms with E-state index in [1.54, 1.807) is 6.20 Å². The number of rotatable bonds is 3. The number of nitrogens with one attached hydrogen (secondary N) is 2. The Hall–Kier alpha value is -3.78. The molecule has 1 fully saturated rings. The minimum atomic E-state index is 0.669. The molecule has 4 aromatic heterocycles. The SMILES string of the molecule is CN1CCN(c2cccc3[nH]c(-c4[nH]nc5ncc(-c6cccnc6)cc45)nc23)CC1. The number of imidazole rings is 1. The molecule has 5 aromatic rings. The maximum Gasteiger partial charge on any atom is 0.181 e. The van der Waals surface area contributed by atoms with E-state index in [9.17, 15) is 0 Å². The summed E-state index contributed by atoms with van der Waals surface area (Å²) in [6.07, 6.45) is 5.44. The molecule has 5 heterocycles. The van der Waals surface area contributed by atoms with E-state index in [0.717, 1.165) is 65.2 Å². The van der Waals surface area contributed by atoms with Gasteiger partial charge in [0.2, 0.25) is 0 Å². The van der Waals surface area contributed by atoms with Crippen molar-refractivity contribution in [1.29, 1.82) is 0 Å². The van der Waals surface area contributed by atoms with Gasteiger partial charge in [0.25, 0.3) is 0 Å². The molecule has 6 rings (SSSR count). The highest BCUT2D eigenvalue weighted by atomic mass is 15.3. The zero-order valence-corrected chi connectivity index (χ0v) is 17.2. The van der Waals surface area contributed by atoms with E-state index < -0.39 is 0 Å². The highest BCUT2D eigenvalue weighted by Crippen LogP contribution is 2.32. The molecular formula is C23H22N8. The summed E-state index contributed by atoms with van der Waals surface area (Å²) in [5.74, 6) is 0.768. The Labute approximate surface area is 179 Å². The van der Waals surface area contributed by atoms with Gasteiger partial charge in [-0.1, -0.05) is 12.1 Å². The molecular weight excluding hydrogens is 388 g/mol. The van der Waals surface area contributed by atoms with Crippen molar-refractivity contribution in [3.63, 3.8) is 0 Å². The fourth-order valence-corrected chi connectivity index (χ4v) is 4.21. The van der Waals surface area contributed by atoms with E-state index in [4.69, 9.17) is 4.98 Å². The smallest absolute Gasteiger partial charge is 0.181 e. The zero-order chi connectivity index (χ0) is 20.8. The second-order valence-corrected chi connectivity index (χ2v) is 7.98. The van der Waals surface area contributed by atoms with Gasteiger partial charge >= 0.3 is 0 Å². The molecule has 0 saturated carbocycles. The number of aromatic nitrogens is 6. The van der Waals surface area contributed by atoms with Crippen molar-refractivity contribution >= 4 is 27.8 Å².